The third-order valence-corrected chi connectivity index (χ3v) is 2.94. The van der Waals surface area contributed by atoms with Gasteiger partial charge in [0.2, 0.25) is 0 Å². The van der Waals surface area contributed by atoms with Crippen molar-refractivity contribution in [3.05, 3.63) is 29.6 Å². The number of methoxy groups -OCH3 is 1. The highest BCUT2D eigenvalue weighted by Gasteiger charge is 2.35. The second kappa shape index (κ2) is 5.13. The van der Waals surface area contributed by atoms with E-state index in [9.17, 15) is 14.0 Å². The third kappa shape index (κ3) is 2.59. The van der Waals surface area contributed by atoms with Crippen LogP contribution >= 0.6 is 0 Å². The van der Waals surface area contributed by atoms with Gasteiger partial charge in [0.05, 0.1) is 13.2 Å². The van der Waals surface area contributed by atoms with Gasteiger partial charge in [-0.2, -0.15) is 0 Å². The molecule has 2 N–H and O–H groups in total. The van der Waals surface area contributed by atoms with Crippen molar-refractivity contribution in [2.75, 3.05) is 20.2 Å². The molecular weight excluding hydrogens is 255 g/mol. The largest absolute Gasteiger partial charge is 0.496 e. The highest BCUT2D eigenvalue weighted by Crippen LogP contribution is 2.32. The lowest BCUT2D eigenvalue weighted by molar-refractivity contribution is -0.137. The quantitative estimate of drug-likeness (QED) is 0.853. The number of carboxylic acid groups (broad SMARTS) is 1. The van der Waals surface area contributed by atoms with E-state index in [1.807, 2.05) is 0 Å². The smallest absolute Gasteiger partial charge is 0.323 e. The predicted molar refractivity (Wildman–Crippen MR) is 63.4 cm³/mol. The summed E-state index contributed by atoms with van der Waals surface area (Å²) in [6, 6.07) is 2.90. The maximum atomic E-state index is 13.3. The summed E-state index contributed by atoms with van der Waals surface area (Å²) in [5.41, 5.74) is 0.446. The number of carbonyl (C=O) groups is 2. The van der Waals surface area contributed by atoms with Crippen LogP contribution in [0.1, 0.15) is 11.6 Å². The first-order chi connectivity index (χ1) is 9.02. The lowest BCUT2D eigenvalue weighted by Crippen LogP contribution is -2.34. The van der Waals surface area contributed by atoms with Crippen LogP contribution in [0, 0.1) is 5.82 Å². The number of ether oxygens (including phenoxy) is 1. The molecule has 1 aromatic carbocycles. The molecule has 2 amide bonds. The number of nitrogens with zero attached hydrogens (tertiary/aromatic N) is 1. The summed E-state index contributed by atoms with van der Waals surface area (Å²) >= 11 is 0. The Hall–Kier alpha value is -2.31. The number of benzene rings is 1. The molecule has 1 saturated heterocycles. The van der Waals surface area contributed by atoms with Crippen molar-refractivity contribution < 1.29 is 23.8 Å². The first-order valence-electron chi connectivity index (χ1n) is 5.62. The Kier molecular flexibility index (Phi) is 3.55. The monoisotopic (exact) mass is 268 g/mol. The van der Waals surface area contributed by atoms with Crippen LogP contribution in [-0.4, -0.2) is 42.2 Å². The number of hydrogen-bond acceptors (Lipinski definition) is 3. The van der Waals surface area contributed by atoms with Gasteiger partial charge in [0.25, 0.3) is 0 Å². The lowest BCUT2D eigenvalue weighted by atomic mass is 10.0. The van der Waals surface area contributed by atoms with Gasteiger partial charge in [-0.05, 0) is 18.2 Å². The van der Waals surface area contributed by atoms with Gasteiger partial charge in [-0.3, -0.25) is 4.79 Å². The molecule has 0 spiro atoms. The van der Waals surface area contributed by atoms with Crippen molar-refractivity contribution in [1.82, 2.24) is 10.2 Å². The number of halogens is 1. The summed E-state index contributed by atoms with van der Waals surface area (Å²) in [6.07, 6.45) is 0. The van der Waals surface area contributed by atoms with Gasteiger partial charge in [0, 0.05) is 12.1 Å². The summed E-state index contributed by atoms with van der Waals surface area (Å²) in [5, 5.41) is 11.4. The van der Waals surface area contributed by atoms with Crippen molar-refractivity contribution in [1.29, 1.82) is 0 Å². The lowest BCUT2D eigenvalue weighted by Gasteiger charge is -2.23. The Bertz CT molecular complexity index is 520. The van der Waals surface area contributed by atoms with Crippen LogP contribution in [0.2, 0.25) is 0 Å². The Morgan fingerprint density at radius 1 is 1.63 bits per heavy atom. The van der Waals surface area contributed by atoms with E-state index in [-0.39, 0.29) is 6.54 Å². The second-order valence-corrected chi connectivity index (χ2v) is 4.11. The van der Waals surface area contributed by atoms with Gasteiger partial charge < -0.3 is 20.1 Å². The van der Waals surface area contributed by atoms with E-state index in [0.717, 1.165) is 4.90 Å². The van der Waals surface area contributed by atoms with Gasteiger partial charge in [0.15, 0.2) is 0 Å². The number of aliphatic carboxylic acids is 1. The fourth-order valence-corrected chi connectivity index (χ4v) is 2.11. The van der Waals surface area contributed by atoms with E-state index in [1.54, 1.807) is 0 Å². The SMILES string of the molecule is COc1ccc(F)cc1C1CNC(=O)N1CC(=O)O. The van der Waals surface area contributed by atoms with E-state index in [0.29, 0.717) is 11.3 Å². The molecule has 1 aliphatic rings. The topological polar surface area (TPSA) is 78.9 Å². The molecule has 6 nitrogen and oxygen atoms in total. The van der Waals surface area contributed by atoms with Crippen molar-refractivity contribution in [2.24, 2.45) is 0 Å². The zero-order chi connectivity index (χ0) is 14.0. The number of urea groups is 1. The Labute approximate surface area is 108 Å². The van der Waals surface area contributed by atoms with Crippen LogP contribution in [0.25, 0.3) is 0 Å². The maximum absolute atomic E-state index is 13.3. The zero-order valence-corrected chi connectivity index (χ0v) is 10.2. The molecule has 0 aromatic heterocycles. The number of carbonyl (C=O) groups excluding carboxylic acids is 1. The summed E-state index contributed by atoms with van der Waals surface area (Å²) in [6.45, 7) is -0.234. The molecule has 102 valence electrons. The first kappa shape index (κ1) is 13.1. The minimum absolute atomic E-state index is 0.214. The molecule has 1 aliphatic heterocycles. The molecule has 1 unspecified atom stereocenters. The van der Waals surface area contributed by atoms with Crippen LogP contribution in [0.3, 0.4) is 0 Å². The predicted octanol–water partition coefficient (Wildman–Crippen LogP) is 0.985. The Morgan fingerprint density at radius 2 is 2.37 bits per heavy atom. The van der Waals surface area contributed by atoms with Crippen LogP contribution in [0.4, 0.5) is 9.18 Å². The summed E-state index contributed by atoms with van der Waals surface area (Å²) < 4.78 is 18.4. The molecular formula is C12H13FN2O4. The van der Waals surface area contributed by atoms with E-state index in [2.05, 4.69) is 5.32 Å². The summed E-state index contributed by atoms with van der Waals surface area (Å²) in [4.78, 5) is 23.5. The van der Waals surface area contributed by atoms with Gasteiger partial charge in [-0.15, -0.1) is 0 Å². The highest BCUT2D eigenvalue weighted by atomic mass is 19.1. The van der Waals surface area contributed by atoms with E-state index in [4.69, 9.17) is 9.84 Å². The second-order valence-electron chi connectivity index (χ2n) is 4.11. The fraction of sp³-hybridized carbons (Fsp3) is 0.333. The average molecular weight is 268 g/mol. The molecule has 0 radical (unpaired) electrons. The normalized spacial score (nSPS) is 18.3. The van der Waals surface area contributed by atoms with Crippen molar-refractivity contribution in [3.8, 4) is 5.75 Å². The molecule has 2 rings (SSSR count). The Morgan fingerprint density at radius 3 is 3.00 bits per heavy atom. The third-order valence-electron chi connectivity index (χ3n) is 2.94. The zero-order valence-electron chi connectivity index (χ0n) is 10.2. The summed E-state index contributed by atoms with van der Waals surface area (Å²) in [5.74, 6) is -1.18. The van der Waals surface area contributed by atoms with Crippen LogP contribution < -0.4 is 10.1 Å². The van der Waals surface area contributed by atoms with Crippen LogP contribution in [0.15, 0.2) is 18.2 Å². The Balaban J connectivity index is 2.36. The summed E-state index contributed by atoms with van der Waals surface area (Å²) in [7, 11) is 1.43. The number of rotatable bonds is 4. The molecule has 19 heavy (non-hydrogen) atoms. The molecule has 0 saturated carbocycles. The van der Waals surface area contributed by atoms with E-state index >= 15 is 0 Å². The molecule has 1 heterocycles. The average Bonchev–Trinajstić information content (AvgIpc) is 2.70. The van der Waals surface area contributed by atoms with E-state index < -0.39 is 30.4 Å². The molecule has 1 fully saturated rings. The van der Waals surface area contributed by atoms with Crippen molar-refractivity contribution in [3.63, 3.8) is 0 Å². The number of carboxylic acids is 1. The van der Waals surface area contributed by atoms with Crippen LogP contribution in [0.5, 0.6) is 5.75 Å². The van der Waals surface area contributed by atoms with Gasteiger partial charge in [-0.25, -0.2) is 9.18 Å². The van der Waals surface area contributed by atoms with Gasteiger partial charge in [0.1, 0.15) is 18.1 Å². The fourth-order valence-electron chi connectivity index (χ4n) is 2.11. The molecule has 0 bridgehead atoms. The van der Waals surface area contributed by atoms with Crippen molar-refractivity contribution >= 4 is 12.0 Å². The minimum atomic E-state index is -1.13. The number of hydrogen-bond donors (Lipinski definition) is 2. The van der Waals surface area contributed by atoms with Gasteiger partial charge in [-0.1, -0.05) is 0 Å². The number of amides is 2. The molecule has 1 atom stereocenters. The first-order valence-corrected chi connectivity index (χ1v) is 5.62. The molecule has 1 aromatic rings. The molecule has 7 heteroatoms. The van der Waals surface area contributed by atoms with Gasteiger partial charge >= 0.3 is 12.0 Å². The number of nitrogens with one attached hydrogen (secondary N) is 1. The molecule has 0 aliphatic carbocycles. The minimum Gasteiger partial charge on any atom is -0.496 e. The standard InChI is InChI=1S/C12H13FN2O4/c1-19-10-3-2-7(13)4-8(10)9-5-14-12(18)15(9)6-11(16)17/h2-4,9H,5-6H2,1H3,(H,14,18)(H,16,17). The maximum Gasteiger partial charge on any atom is 0.323 e. The van der Waals surface area contributed by atoms with E-state index in [1.165, 1.54) is 25.3 Å². The highest BCUT2D eigenvalue weighted by molar-refractivity contribution is 5.82. The van der Waals surface area contributed by atoms with Crippen molar-refractivity contribution in [2.45, 2.75) is 6.04 Å². The van der Waals surface area contributed by atoms with Crippen LogP contribution in [-0.2, 0) is 4.79 Å².